The summed E-state index contributed by atoms with van der Waals surface area (Å²) in [7, 11) is 1.63. The zero-order chi connectivity index (χ0) is 16.5. The molecule has 4 N–H and O–H groups in total. The van der Waals surface area contributed by atoms with Gasteiger partial charge in [-0.1, -0.05) is 12.1 Å². The van der Waals surface area contributed by atoms with Gasteiger partial charge in [-0.2, -0.15) is 0 Å². The first kappa shape index (κ1) is 20.7. The number of anilines is 1. The summed E-state index contributed by atoms with van der Waals surface area (Å²) in [6.07, 6.45) is 1.37. The Hall–Kier alpha value is -1.39. The third kappa shape index (κ3) is 7.02. The van der Waals surface area contributed by atoms with Crippen LogP contribution in [0.25, 0.3) is 0 Å². The molecule has 1 heterocycles. The quantitative estimate of drug-likeness (QED) is 0.254. The van der Waals surface area contributed by atoms with E-state index in [1.54, 1.807) is 7.11 Å². The SMILES string of the molecule is COCCNC(N)=NCc1cccc(NC(=O)C2CCCO2)c1.I. The number of hydrogen-bond donors (Lipinski definition) is 3. The highest BCUT2D eigenvalue weighted by Crippen LogP contribution is 2.16. The van der Waals surface area contributed by atoms with E-state index in [2.05, 4.69) is 15.6 Å². The molecule has 1 aromatic carbocycles. The number of guanidine groups is 1. The Bertz CT molecular complexity index is 548. The van der Waals surface area contributed by atoms with Crippen LogP contribution in [0.1, 0.15) is 18.4 Å². The molecule has 1 fully saturated rings. The Morgan fingerprint density at radius 2 is 2.33 bits per heavy atom. The van der Waals surface area contributed by atoms with Gasteiger partial charge in [0.05, 0.1) is 13.2 Å². The summed E-state index contributed by atoms with van der Waals surface area (Å²) in [6, 6.07) is 7.55. The highest BCUT2D eigenvalue weighted by molar-refractivity contribution is 14.0. The Morgan fingerprint density at radius 1 is 1.50 bits per heavy atom. The van der Waals surface area contributed by atoms with Crippen LogP contribution in [0, 0.1) is 0 Å². The van der Waals surface area contributed by atoms with E-state index in [9.17, 15) is 4.79 Å². The summed E-state index contributed by atoms with van der Waals surface area (Å²) in [5.74, 6) is 0.278. The highest BCUT2D eigenvalue weighted by Gasteiger charge is 2.23. The molecule has 1 saturated heterocycles. The van der Waals surface area contributed by atoms with Crippen molar-refractivity contribution in [2.45, 2.75) is 25.5 Å². The summed E-state index contributed by atoms with van der Waals surface area (Å²) in [4.78, 5) is 16.3. The Balaban J connectivity index is 0.00000288. The van der Waals surface area contributed by atoms with E-state index >= 15 is 0 Å². The van der Waals surface area contributed by atoms with Crippen LogP contribution in [0.2, 0.25) is 0 Å². The number of nitrogens with one attached hydrogen (secondary N) is 2. The Kier molecular flexibility index (Phi) is 9.65. The molecule has 1 atom stereocenters. The molecule has 1 amide bonds. The Morgan fingerprint density at radius 3 is 3.04 bits per heavy atom. The molecule has 0 saturated carbocycles. The van der Waals surface area contributed by atoms with E-state index in [0.717, 1.165) is 24.1 Å². The van der Waals surface area contributed by atoms with Crippen molar-refractivity contribution >= 4 is 41.5 Å². The summed E-state index contributed by atoms with van der Waals surface area (Å²) in [5.41, 5.74) is 7.47. The zero-order valence-corrected chi connectivity index (χ0v) is 16.1. The number of halogens is 1. The molecule has 0 spiro atoms. The lowest BCUT2D eigenvalue weighted by atomic mass is 10.2. The van der Waals surface area contributed by atoms with Gasteiger partial charge in [0.25, 0.3) is 5.91 Å². The average Bonchev–Trinajstić information content (AvgIpc) is 3.08. The van der Waals surface area contributed by atoms with Crippen LogP contribution >= 0.6 is 24.0 Å². The molecular weight excluding hydrogens is 423 g/mol. The van der Waals surface area contributed by atoms with E-state index in [1.165, 1.54) is 0 Å². The number of aliphatic imine (C=N–C) groups is 1. The maximum absolute atomic E-state index is 12.0. The molecule has 1 unspecified atom stereocenters. The lowest BCUT2D eigenvalue weighted by Gasteiger charge is -2.11. The predicted octanol–water partition coefficient (Wildman–Crippen LogP) is 1.47. The van der Waals surface area contributed by atoms with Gasteiger partial charge in [0.15, 0.2) is 5.96 Å². The van der Waals surface area contributed by atoms with Crippen LogP contribution in [0.3, 0.4) is 0 Å². The number of nitrogens with zero attached hydrogens (tertiary/aromatic N) is 1. The van der Waals surface area contributed by atoms with E-state index in [-0.39, 0.29) is 36.0 Å². The van der Waals surface area contributed by atoms with Crippen LogP contribution < -0.4 is 16.4 Å². The minimum Gasteiger partial charge on any atom is -0.383 e. The van der Waals surface area contributed by atoms with Gasteiger partial charge in [0.1, 0.15) is 6.10 Å². The molecule has 24 heavy (non-hydrogen) atoms. The van der Waals surface area contributed by atoms with Crippen LogP contribution in [0.5, 0.6) is 0 Å². The lowest BCUT2D eigenvalue weighted by Crippen LogP contribution is -2.34. The number of rotatable bonds is 7. The minimum atomic E-state index is -0.336. The van der Waals surface area contributed by atoms with Gasteiger partial charge in [-0.3, -0.25) is 4.79 Å². The first-order valence-electron chi connectivity index (χ1n) is 7.73. The van der Waals surface area contributed by atoms with Gasteiger partial charge in [-0.05, 0) is 30.5 Å². The van der Waals surface area contributed by atoms with Crippen molar-refractivity contribution in [3.63, 3.8) is 0 Å². The fraction of sp³-hybridized carbons (Fsp3) is 0.500. The van der Waals surface area contributed by atoms with Crippen LogP contribution in [0.4, 0.5) is 5.69 Å². The second-order valence-electron chi connectivity index (χ2n) is 5.31. The van der Waals surface area contributed by atoms with Crippen molar-refractivity contribution in [2.24, 2.45) is 10.7 Å². The molecule has 0 aromatic heterocycles. The van der Waals surface area contributed by atoms with Crippen molar-refractivity contribution in [1.82, 2.24) is 5.32 Å². The van der Waals surface area contributed by atoms with Gasteiger partial charge in [-0.25, -0.2) is 4.99 Å². The second-order valence-corrected chi connectivity index (χ2v) is 5.31. The van der Waals surface area contributed by atoms with E-state index in [1.807, 2.05) is 24.3 Å². The number of methoxy groups -OCH3 is 1. The molecule has 0 aliphatic carbocycles. The Labute approximate surface area is 159 Å². The average molecular weight is 448 g/mol. The summed E-state index contributed by atoms with van der Waals surface area (Å²) in [6.45, 7) is 2.28. The predicted molar refractivity (Wildman–Crippen MR) is 105 cm³/mol. The van der Waals surface area contributed by atoms with Crippen LogP contribution in [-0.4, -0.2) is 44.8 Å². The lowest BCUT2D eigenvalue weighted by molar-refractivity contribution is -0.124. The monoisotopic (exact) mass is 448 g/mol. The van der Waals surface area contributed by atoms with Crippen LogP contribution in [0.15, 0.2) is 29.3 Å². The van der Waals surface area contributed by atoms with Crippen molar-refractivity contribution < 1.29 is 14.3 Å². The molecule has 7 nitrogen and oxygen atoms in total. The number of ether oxygens (including phenoxy) is 2. The molecule has 2 rings (SSSR count). The second kappa shape index (κ2) is 11.2. The molecule has 0 radical (unpaired) electrons. The number of carbonyl (C=O) groups excluding carboxylic acids is 1. The molecular formula is C16H25IN4O3. The number of nitrogens with two attached hydrogens (primary N) is 1. The van der Waals surface area contributed by atoms with Gasteiger partial charge >= 0.3 is 0 Å². The first-order valence-corrected chi connectivity index (χ1v) is 7.73. The first-order chi connectivity index (χ1) is 11.2. The molecule has 0 bridgehead atoms. The molecule has 1 aliphatic rings. The third-order valence-corrected chi connectivity index (χ3v) is 3.46. The molecule has 1 aliphatic heterocycles. The summed E-state index contributed by atoms with van der Waals surface area (Å²) < 4.78 is 10.3. The van der Waals surface area contributed by atoms with E-state index < -0.39 is 0 Å². The zero-order valence-electron chi connectivity index (χ0n) is 13.8. The van der Waals surface area contributed by atoms with Gasteiger partial charge in [-0.15, -0.1) is 24.0 Å². The largest absolute Gasteiger partial charge is 0.383 e. The number of amides is 1. The van der Waals surface area contributed by atoms with Crippen molar-refractivity contribution in [3.05, 3.63) is 29.8 Å². The van der Waals surface area contributed by atoms with Crippen molar-refractivity contribution in [2.75, 3.05) is 32.2 Å². The van der Waals surface area contributed by atoms with Crippen molar-refractivity contribution in [3.8, 4) is 0 Å². The van der Waals surface area contributed by atoms with E-state index in [0.29, 0.717) is 32.3 Å². The maximum atomic E-state index is 12.0. The normalized spacial score (nSPS) is 17.2. The number of hydrogen-bond acceptors (Lipinski definition) is 4. The van der Waals surface area contributed by atoms with Crippen LogP contribution in [-0.2, 0) is 20.8 Å². The molecule has 134 valence electrons. The van der Waals surface area contributed by atoms with E-state index in [4.69, 9.17) is 15.2 Å². The van der Waals surface area contributed by atoms with Gasteiger partial charge < -0.3 is 25.8 Å². The van der Waals surface area contributed by atoms with Crippen molar-refractivity contribution in [1.29, 1.82) is 0 Å². The fourth-order valence-corrected chi connectivity index (χ4v) is 2.27. The highest BCUT2D eigenvalue weighted by atomic mass is 127. The standard InChI is InChI=1S/C16H24N4O3.HI/c1-22-9-7-18-16(17)19-11-12-4-2-5-13(10-12)20-15(21)14-6-3-8-23-14;/h2,4-5,10,14H,3,6-9,11H2,1H3,(H,20,21)(H3,17,18,19);1H. The fourth-order valence-electron chi connectivity index (χ4n) is 2.27. The minimum absolute atomic E-state index is 0. The third-order valence-electron chi connectivity index (χ3n) is 3.46. The molecule has 8 heteroatoms. The summed E-state index contributed by atoms with van der Waals surface area (Å²) in [5, 5.41) is 5.83. The molecule has 1 aromatic rings. The number of carbonyl (C=O) groups is 1. The maximum Gasteiger partial charge on any atom is 0.253 e. The summed E-state index contributed by atoms with van der Waals surface area (Å²) >= 11 is 0. The smallest absolute Gasteiger partial charge is 0.253 e. The van der Waals surface area contributed by atoms with Gasteiger partial charge in [0.2, 0.25) is 0 Å². The van der Waals surface area contributed by atoms with Gasteiger partial charge in [0, 0.05) is 25.9 Å². The topological polar surface area (TPSA) is 98.0 Å². The number of benzene rings is 1.